The second-order valence-electron chi connectivity index (χ2n) is 5.63. The molecule has 0 saturated carbocycles. The zero-order chi connectivity index (χ0) is 19.9. The van der Waals surface area contributed by atoms with Crippen LogP contribution in [0.25, 0.3) is 16.9 Å². The van der Waals surface area contributed by atoms with E-state index in [-0.39, 0.29) is 13.2 Å². The zero-order valence-corrected chi connectivity index (χ0v) is 15.4. The predicted molar refractivity (Wildman–Crippen MR) is 98.8 cm³/mol. The van der Waals surface area contributed by atoms with E-state index in [1.54, 1.807) is 43.3 Å². The van der Waals surface area contributed by atoms with Crippen molar-refractivity contribution in [2.24, 2.45) is 0 Å². The largest absolute Gasteiger partial charge is 0.530 e. The first-order valence-electron chi connectivity index (χ1n) is 8.43. The number of nitrogens with zero attached hydrogens (tertiary/aromatic N) is 3. The molecule has 1 amide bonds. The summed E-state index contributed by atoms with van der Waals surface area (Å²) in [6, 6.07) is 12.8. The maximum absolute atomic E-state index is 10.3. The Morgan fingerprint density at radius 3 is 2.46 bits per heavy atom. The fraction of sp³-hybridized carbons (Fsp3) is 0.211. The van der Waals surface area contributed by atoms with Crippen LogP contribution < -0.4 is 24.6 Å². The molecule has 146 valence electrons. The highest BCUT2D eigenvalue weighted by Gasteiger charge is 2.13. The van der Waals surface area contributed by atoms with E-state index in [1.807, 2.05) is 24.3 Å². The van der Waals surface area contributed by atoms with E-state index in [0.717, 1.165) is 16.9 Å². The van der Waals surface area contributed by atoms with Crippen LogP contribution >= 0.6 is 0 Å². The number of methoxy groups -OCH3 is 2. The molecule has 2 heterocycles. The normalized spacial score (nSPS) is 10.4. The summed E-state index contributed by atoms with van der Waals surface area (Å²) in [6.45, 7) is 0.356. The third kappa shape index (κ3) is 4.50. The summed E-state index contributed by atoms with van der Waals surface area (Å²) < 4.78 is 17.6. The van der Waals surface area contributed by atoms with E-state index in [4.69, 9.17) is 14.2 Å². The minimum atomic E-state index is -1.32. The Labute approximate surface area is 161 Å². The van der Waals surface area contributed by atoms with E-state index in [0.29, 0.717) is 17.5 Å². The highest BCUT2D eigenvalue weighted by Crippen LogP contribution is 2.28. The van der Waals surface area contributed by atoms with E-state index in [9.17, 15) is 9.90 Å². The van der Waals surface area contributed by atoms with Gasteiger partial charge in [0.15, 0.2) is 0 Å². The van der Waals surface area contributed by atoms with E-state index in [2.05, 4.69) is 15.4 Å². The highest BCUT2D eigenvalue weighted by molar-refractivity contribution is 5.64. The molecule has 0 spiro atoms. The average molecular weight is 383 g/mol. The number of aromatic nitrogens is 3. The van der Waals surface area contributed by atoms with Crippen molar-refractivity contribution in [1.29, 1.82) is 0 Å². The molecule has 0 aliphatic heterocycles. The molecule has 0 fully saturated rings. The van der Waals surface area contributed by atoms with E-state index >= 15 is 0 Å². The molecule has 0 atom stereocenters. The monoisotopic (exact) mass is 383 g/mol. The molecular formula is C19H19N4O5-. The molecule has 1 N–H and O–H groups in total. The number of ether oxygens (including phenoxy) is 3. The van der Waals surface area contributed by atoms with Gasteiger partial charge in [-0.2, -0.15) is 0 Å². The van der Waals surface area contributed by atoms with E-state index < -0.39 is 6.09 Å². The molecule has 9 heteroatoms. The number of hydrogen-bond donors (Lipinski definition) is 1. The number of carboxylic acid groups (broad SMARTS) is 1. The molecule has 28 heavy (non-hydrogen) atoms. The van der Waals surface area contributed by atoms with Gasteiger partial charge in [0, 0.05) is 17.7 Å². The van der Waals surface area contributed by atoms with Gasteiger partial charge in [0.25, 0.3) is 0 Å². The number of hydrogen-bond acceptors (Lipinski definition) is 7. The van der Waals surface area contributed by atoms with Crippen molar-refractivity contribution in [3.63, 3.8) is 0 Å². The van der Waals surface area contributed by atoms with Gasteiger partial charge in [-0.05, 0) is 30.3 Å². The molecule has 0 saturated heterocycles. The smallest absolute Gasteiger partial charge is 0.233 e. The van der Waals surface area contributed by atoms with Crippen LogP contribution in [-0.2, 0) is 0 Å². The molecular weight excluding hydrogens is 364 g/mol. The van der Waals surface area contributed by atoms with Crippen LogP contribution in [0.1, 0.15) is 0 Å². The first-order valence-corrected chi connectivity index (χ1v) is 8.43. The van der Waals surface area contributed by atoms with Gasteiger partial charge >= 0.3 is 0 Å². The van der Waals surface area contributed by atoms with Crippen LogP contribution in [0.15, 0.2) is 48.7 Å². The zero-order valence-electron chi connectivity index (χ0n) is 15.4. The number of pyridine rings is 1. The topological polar surface area (TPSA) is 111 Å². The number of amides is 1. The maximum atomic E-state index is 10.3. The molecule has 0 radical (unpaired) electrons. The number of benzene rings is 1. The summed E-state index contributed by atoms with van der Waals surface area (Å²) in [4.78, 5) is 14.5. The van der Waals surface area contributed by atoms with Gasteiger partial charge in [0.1, 0.15) is 18.4 Å². The summed E-state index contributed by atoms with van der Waals surface area (Å²) in [6.07, 6.45) is 0.338. The van der Waals surface area contributed by atoms with Gasteiger partial charge in [0.2, 0.25) is 11.8 Å². The van der Waals surface area contributed by atoms with Crippen molar-refractivity contribution in [2.75, 3.05) is 27.4 Å². The van der Waals surface area contributed by atoms with Crippen molar-refractivity contribution >= 4 is 6.09 Å². The van der Waals surface area contributed by atoms with Gasteiger partial charge < -0.3 is 29.4 Å². The first-order chi connectivity index (χ1) is 13.6. The first kappa shape index (κ1) is 19.0. The van der Waals surface area contributed by atoms with Crippen molar-refractivity contribution in [2.45, 2.75) is 0 Å². The lowest BCUT2D eigenvalue weighted by molar-refractivity contribution is -0.250. The molecule has 3 rings (SSSR count). The number of rotatable bonds is 8. The minimum absolute atomic E-state index is 0.151. The van der Waals surface area contributed by atoms with Gasteiger partial charge in [-0.1, -0.05) is 0 Å². The Kier molecular flexibility index (Phi) is 5.95. The highest BCUT2D eigenvalue weighted by atomic mass is 16.5. The van der Waals surface area contributed by atoms with Crippen LogP contribution in [0, 0.1) is 0 Å². The predicted octanol–water partition coefficient (Wildman–Crippen LogP) is 1.26. The lowest BCUT2D eigenvalue weighted by atomic mass is 10.1. The summed E-state index contributed by atoms with van der Waals surface area (Å²) in [5.74, 6) is 1.60. The Hall–Kier alpha value is -3.75. The molecule has 0 aliphatic rings. The standard InChI is InChI=1S/C19H20N4O5/c1-26-17-8-5-14(12-21-17)23-16(11-18(22-23)27-2)13-3-6-15(7-4-13)28-10-9-20-19(24)25/h3-8,11-12,20H,9-10H2,1-2H3,(H,24,25)/p-1. The summed E-state index contributed by atoms with van der Waals surface area (Å²) >= 11 is 0. The molecule has 3 aromatic rings. The minimum Gasteiger partial charge on any atom is -0.530 e. The summed E-state index contributed by atoms with van der Waals surface area (Å²) in [5, 5.41) is 16.9. The Morgan fingerprint density at radius 1 is 1.11 bits per heavy atom. The summed E-state index contributed by atoms with van der Waals surface area (Å²) in [7, 11) is 3.11. The van der Waals surface area contributed by atoms with Crippen LogP contribution in [0.4, 0.5) is 4.79 Å². The van der Waals surface area contributed by atoms with Gasteiger partial charge in [-0.25, -0.2) is 9.67 Å². The summed E-state index contributed by atoms with van der Waals surface area (Å²) in [5.41, 5.74) is 2.47. The Bertz CT molecular complexity index is 923. The fourth-order valence-electron chi connectivity index (χ4n) is 2.52. The molecule has 9 nitrogen and oxygen atoms in total. The molecule has 2 aromatic heterocycles. The van der Waals surface area contributed by atoms with Crippen LogP contribution in [0.5, 0.6) is 17.5 Å². The van der Waals surface area contributed by atoms with Crippen molar-refractivity contribution in [3.05, 3.63) is 48.7 Å². The second kappa shape index (κ2) is 8.76. The van der Waals surface area contributed by atoms with Crippen LogP contribution in [0.3, 0.4) is 0 Å². The second-order valence-corrected chi connectivity index (χ2v) is 5.63. The quantitative estimate of drug-likeness (QED) is 0.583. The van der Waals surface area contributed by atoms with Crippen LogP contribution in [-0.4, -0.2) is 48.2 Å². The SMILES string of the molecule is COc1ccc(-n2nc(OC)cc2-c2ccc(OCCNC(=O)[O-])cc2)cn1. The third-order valence-electron chi connectivity index (χ3n) is 3.86. The van der Waals surface area contributed by atoms with Crippen LogP contribution in [0.2, 0.25) is 0 Å². The van der Waals surface area contributed by atoms with Gasteiger partial charge in [-0.15, -0.1) is 5.10 Å². The van der Waals surface area contributed by atoms with Gasteiger partial charge in [-0.3, -0.25) is 0 Å². The molecule has 0 unspecified atom stereocenters. The third-order valence-corrected chi connectivity index (χ3v) is 3.86. The maximum Gasteiger partial charge on any atom is 0.233 e. The number of carbonyl (C=O) groups excluding carboxylic acids is 1. The fourth-order valence-corrected chi connectivity index (χ4v) is 2.52. The van der Waals surface area contributed by atoms with Crippen molar-refractivity contribution in [1.82, 2.24) is 20.1 Å². The number of carbonyl (C=O) groups is 1. The molecule has 0 aliphatic carbocycles. The Balaban J connectivity index is 1.80. The number of nitrogens with one attached hydrogen (secondary N) is 1. The molecule has 1 aromatic carbocycles. The Morgan fingerprint density at radius 2 is 1.86 bits per heavy atom. The lowest BCUT2D eigenvalue weighted by Gasteiger charge is -2.10. The average Bonchev–Trinajstić information content (AvgIpc) is 3.16. The van der Waals surface area contributed by atoms with E-state index in [1.165, 1.54) is 0 Å². The lowest BCUT2D eigenvalue weighted by Crippen LogP contribution is -2.38. The van der Waals surface area contributed by atoms with Gasteiger partial charge in [0.05, 0.1) is 38.3 Å². The molecule has 0 bridgehead atoms. The van der Waals surface area contributed by atoms with Crippen molar-refractivity contribution in [3.8, 4) is 34.5 Å². The van der Waals surface area contributed by atoms with Crippen molar-refractivity contribution < 1.29 is 24.1 Å².